The number of halogens is 1. The Labute approximate surface area is 169 Å². The Hall–Kier alpha value is -2.63. The van der Waals surface area contributed by atoms with Crippen LogP contribution in [-0.2, 0) is 0 Å². The van der Waals surface area contributed by atoms with Gasteiger partial charge < -0.3 is 10.6 Å². The summed E-state index contributed by atoms with van der Waals surface area (Å²) in [6.45, 7) is 3.81. The van der Waals surface area contributed by atoms with Gasteiger partial charge in [-0.1, -0.05) is 48.0 Å². The number of carbonyl (C=O) groups excluding carboxylic acids is 1. The first-order valence-electron chi connectivity index (χ1n) is 9.43. The lowest BCUT2D eigenvalue weighted by Gasteiger charge is -2.17. The molecule has 2 heterocycles. The van der Waals surface area contributed by atoms with Crippen molar-refractivity contribution in [3.05, 3.63) is 82.6 Å². The second-order valence-corrected chi connectivity index (χ2v) is 7.69. The fourth-order valence-corrected chi connectivity index (χ4v) is 4.20. The summed E-state index contributed by atoms with van der Waals surface area (Å²) >= 11 is 6.10. The Bertz CT molecular complexity index is 985. The van der Waals surface area contributed by atoms with E-state index in [1.807, 2.05) is 54.3 Å². The van der Waals surface area contributed by atoms with Crippen molar-refractivity contribution in [1.82, 2.24) is 14.7 Å². The minimum Gasteiger partial charge on any atom is -0.338 e. The largest absolute Gasteiger partial charge is 0.338 e. The number of hydrogen-bond donors (Lipinski definition) is 1. The first-order chi connectivity index (χ1) is 13.6. The van der Waals surface area contributed by atoms with Crippen LogP contribution in [0, 0.1) is 12.8 Å². The van der Waals surface area contributed by atoms with Crippen LogP contribution < -0.4 is 5.73 Å². The smallest absolute Gasteiger partial charge is 0.257 e. The van der Waals surface area contributed by atoms with Gasteiger partial charge in [-0.2, -0.15) is 5.10 Å². The van der Waals surface area contributed by atoms with E-state index >= 15 is 0 Å². The van der Waals surface area contributed by atoms with Crippen LogP contribution >= 0.6 is 11.6 Å². The number of aromatic nitrogens is 2. The predicted octanol–water partition coefficient (Wildman–Crippen LogP) is 3.65. The fourth-order valence-electron chi connectivity index (χ4n) is 4.01. The van der Waals surface area contributed by atoms with Crippen LogP contribution in [0.5, 0.6) is 0 Å². The lowest BCUT2D eigenvalue weighted by molar-refractivity contribution is 0.0785. The lowest BCUT2D eigenvalue weighted by atomic mass is 9.89. The van der Waals surface area contributed by atoms with Crippen LogP contribution in [0.1, 0.15) is 27.5 Å². The van der Waals surface area contributed by atoms with Crippen LogP contribution in [0.15, 0.2) is 60.8 Å². The molecule has 0 unspecified atom stereocenters. The van der Waals surface area contributed by atoms with Crippen LogP contribution in [-0.4, -0.2) is 40.2 Å². The van der Waals surface area contributed by atoms with Crippen molar-refractivity contribution in [1.29, 1.82) is 0 Å². The van der Waals surface area contributed by atoms with Crippen LogP contribution in [0.2, 0.25) is 5.02 Å². The fraction of sp³-hybridized carbons (Fsp3) is 0.273. The molecule has 2 atom stereocenters. The third-order valence-electron chi connectivity index (χ3n) is 5.55. The molecule has 0 bridgehead atoms. The number of hydrogen-bond acceptors (Lipinski definition) is 3. The molecule has 6 heteroatoms. The second-order valence-electron chi connectivity index (χ2n) is 7.26. The Morgan fingerprint density at radius 3 is 2.68 bits per heavy atom. The van der Waals surface area contributed by atoms with Gasteiger partial charge in [0, 0.05) is 24.0 Å². The van der Waals surface area contributed by atoms with E-state index in [4.69, 9.17) is 17.3 Å². The molecule has 4 rings (SSSR count). The predicted molar refractivity (Wildman–Crippen MR) is 111 cm³/mol. The molecule has 144 valence electrons. The number of likely N-dealkylation sites (tertiary alicyclic amines) is 1. The zero-order chi connectivity index (χ0) is 19.7. The normalized spacial score (nSPS) is 19.2. The highest BCUT2D eigenvalue weighted by Crippen LogP contribution is 2.33. The molecule has 1 amide bonds. The Kier molecular flexibility index (Phi) is 5.20. The first kappa shape index (κ1) is 18.7. The molecule has 1 fully saturated rings. The SMILES string of the molecule is Cc1c(C(=O)N2C[C@@H](CN)[C@H](c3ccccc3)C2)cnn1-c1cccc(Cl)c1. The molecule has 0 aliphatic carbocycles. The Morgan fingerprint density at radius 1 is 1.18 bits per heavy atom. The summed E-state index contributed by atoms with van der Waals surface area (Å²) < 4.78 is 1.75. The van der Waals surface area contributed by atoms with E-state index in [0.29, 0.717) is 30.2 Å². The molecule has 0 radical (unpaired) electrons. The highest BCUT2D eigenvalue weighted by molar-refractivity contribution is 6.30. The van der Waals surface area contributed by atoms with Gasteiger partial charge in [-0.05, 0) is 43.1 Å². The highest BCUT2D eigenvalue weighted by atomic mass is 35.5. The van der Waals surface area contributed by atoms with Crippen LogP contribution in [0.25, 0.3) is 5.69 Å². The zero-order valence-corrected chi connectivity index (χ0v) is 16.5. The van der Waals surface area contributed by atoms with Crippen molar-refractivity contribution in [2.75, 3.05) is 19.6 Å². The molecule has 1 saturated heterocycles. The number of nitrogens with zero attached hydrogens (tertiary/aromatic N) is 3. The minimum absolute atomic E-state index is 0.00246. The molecule has 1 aliphatic rings. The summed E-state index contributed by atoms with van der Waals surface area (Å²) in [6.07, 6.45) is 1.64. The monoisotopic (exact) mass is 394 g/mol. The molecular weight excluding hydrogens is 372 g/mol. The topological polar surface area (TPSA) is 64.2 Å². The third-order valence-corrected chi connectivity index (χ3v) is 5.79. The van der Waals surface area contributed by atoms with Gasteiger partial charge in [-0.15, -0.1) is 0 Å². The van der Waals surface area contributed by atoms with E-state index < -0.39 is 0 Å². The number of carbonyl (C=O) groups is 1. The summed E-state index contributed by atoms with van der Waals surface area (Å²) in [7, 11) is 0. The average molecular weight is 395 g/mol. The van der Waals surface area contributed by atoms with Gasteiger partial charge >= 0.3 is 0 Å². The summed E-state index contributed by atoms with van der Waals surface area (Å²) in [5.74, 6) is 0.524. The number of rotatable bonds is 4. The summed E-state index contributed by atoms with van der Waals surface area (Å²) in [5, 5.41) is 5.06. The summed E-state index contributed by atoms with van der Waals surface area (Å²) in [6, 6.07) is 17.8. The van der Waals surface area contributed by atoms with E-state index in [9.17, 15) is 4.79 Å². The molecule has 0 spiro atoms. The van der Waals surface area contributed by atoms with Gasteiger partial charge in [0.05, 0.1) is 23.1 Å². The van der Waals surface area contributed by atoms with Gasteiger partial charge in [0.25, 0.3) is 5.91 Å². The number of nitrogens with two attached hydrogens (primary N) is 1. The van der Waals surface area contributed by atoms with E-state index in [1.54, 1.807) is 10.9 Å². The van der Waals surface area contributed by atoms with Gasteiger partial charge in [0.1, 0.15) is 0 Å². The molecule has 28 heavy (non-hydrogen) atoms. The standard InChI is InChI=1S/C22H23ClN4O/c1-15-20(12-25-27(15)19-9-5-8-18(23)10-19)22(28)26-13-17(11-24)21(14-26)16-6-3-2-4-7-16/h2-10,12,17,21H,11,13-14,24H2,1H3/t17-,21+/m1/s1. The van der Waals surface area contributed by atoms with E-state index in [1.165, 1.54) is 5.56 Å². The van der Waals surface area contributed by atoms with Crippen LogP contribution in [0.4, 0.5) is 0 Å². The molecule has 1 aliphatic heterocycles. The molecule has 2 aromatic carbocycles. The van der Waals surface area contributed by atoms with E-state index in [0.717, 1.165) is 11.4 Å². The molecule has 2 N–H and O–H groups in total. The van der Waals surface area contributed by atoms with Crippen molar-refractivity contribution >= 4 is 17.5 Å². The lowest BCUT2D eigenvalue weighted by Crippen LogP contribution is -2.30. The van der Waals surface area contributed by atoms with Gasteiger partial charge in [-0.3, -0.25) is 4.79 Å². The van der Waals surface area contributed by atoms with Gasteiger partial charge in [-0.25, -0.2) is 4.68 Å². The summed E-state index contributed by atoms with van der Waals surface area (Å²) in [4.78, 5) is 15.1. The van der Waals surface area contributed by atoms with Crippen molar-refractivity contribution in [2.45, 2.75) is 12.8 Å². The van der Waals surface area contributed by atoms with Crippen molar-refractivity contribution in [2.24, 2.45) is 11.7 Å². The third kappa shape index (κ3) is 3.43. The van der Waals surface area contributed by atoms with Crippen molar-refractivity contribution in [3.8, 4) is 5.69 Å². The minimum atomic E-state index is 0.00246. The highest BCUT2D eigenvalue weighted by Gasteiger charge is 2.36. The molecule has 1 aromatic heterocycles. The van der Waals surface area contributed by atoms with Crippen molar-refractivity contribution in [3.63, 3.8) is 0 Å². The molecule has 0 saturated carbocycles. The Morgan fingerprint density at radius 2 is 1.96 bits per heavy atom. The maximum Gasteiger partial charge on any atom is 0.257 e. The maximum absolute atomic E-state index is 13.2. The molecule has 5 nitrogen and oxygen atoms in total. The maximum atomic E-state index is 13.2. The van der Waals surface area contributed by atoms with E-state index in [2.05, 4.69) is 17.2 Å². The second kappa shape index (κ2) is 7.78. The quantitative estimate of drug-likeness (QED) is 0.734. The number of benzene rings is 2. The van der Waals surface area contributed by atoms with Gasteiger partial charge in [0.15, 0.2) is 0 Å². The number of amides is 1. The Balaban J connectivity index is 1.59. The van der Waals surface area contributed by atoms with E-state index in [-0.39, 0.29) is 17.7 Å². The molecule has 3 aromatic rings. The van der Waals surface area contributed by atoms with Crippen molar-refractivity contribution < 1.29 is 4.79 Å². The summed E-state index contributed by atoms with van der Waals surface area (Å²) in [5.41, 5.74) is 9.52. The zero-order valence-electron chi connectivity index (χ0n) is 15.8. The average Bonchev–Trinajstić information content (AvgIpc) is 3.32. The molecular formula is C22H23ClN4O. The van der Waals surface area contributed by atoms with Gasteiger partial charge in [0.2, 0.25) is 0 Å². The van der Waals surface area contributed by atoms with Crippen LogP contribution in [0.3, 0.4) is 0 Å². The first-order valence-corrected chi connectivity index (χ1v) is 9.81.